The summed E-state index contributed by atoms with van der Waals surface area (Å²) in [6.45, 7) is 3.32. The summed E-state index contributed by atoms with van der Waals surface area (Å²) in [6, 6.07) is 10.5. The Morgan fingerprint density at radius 2 is 2.04 bits per heavy atom. The van der Waals surface area contributed by atoms with Gasteiger partial charge in [0.25, 0.3) is 0 Å². The predicted octanol–water partition coefficient (Wildman–Crippen LogP) is 1.03. The topological polar surface area (TPSA) is 50.6 Å². The molecule has 6 nitrogen and oxygen atoms in total. The Kier molecular flexibility index (Phi) is 4.08. The Bertz CT molecular complexity index is 715. The van der Waals surface area contributed by atoms with Gasteiger partial charge in [0, 0.05) is 39.1 Å². The minimum absolute atomic E-state index is 0.0563. The van der Waals surface area contributed by atoms with Crippen LogP contribution in [0.4, 0.5) is 0 Å². The molecule has 0 bridgehead atoms. The third-order valence-electron chi connectivity index (χ3n) is 4.94. The third kappa shape index (κ3) is 2.95. The fourth-order valence-corrected chi connectivity index (χ4v) is 3.62. The van der Waals surface area contributed by atoms with E-state index in [1.54, 1.807) is 6.20 Å². The number of hydrogen-bond donors (Lipinski definition) is 0. The van der Waals surface area contributed by atoms with Crippen molar-refractivity contribution in [2.75, 3.05) is 19.7 Å². The van der Waals surface area contributed by atoms with Gasteiger partial charge in [0.05, 0.1) is 18.7 Å². The SMILES string of the molecule is Cn1ccnc1CN1C(=O)COC2CN(Cc3ccccc3)CC21. The summed E-state index contributed by atoms with van der Waals surface area (Å²) in [5, 5.41) is 0. The van der Waals surface area contributed by atoms with Crippen molar-refractivity contribution in [3.8, 4) is 0 Å². The zero-order chi connectivity index (χ0) is 16.5. The van der Waals surface area contributed by atoms with E-state index in [0.29, 0.717) is 6.54 Å². The van der Waals surface area contributed by atoms with Crippen molar-refractivity contribution in [2.24, 2.45) is 7.05 Å². The van der Waals surface area contributed by atoms with Gasteiger partial charge in [-0.1, -0.05) is 30.3 Å². The van der Waals surface area contributed by atoms with Crippen molar-refractivity contribution in [2.45, 2.75) is 25.2 Å². The van der Waals surface area contributed by atoms with E-state index in [1.165, 1.54) is 5.56 Å². The monoisotopic (exact) mass is 326 g/mol. The molecular weight excluding hydrogens is 304 g/mol. The van der Waals surface area contributed by atoms with E-state index in [4.69, 9.17) is 4.74 Å². The van der Waals surface area contributed by atoms with Gasteiger partial charge in [-0.25, -0.2) is 4.98 Å². The first kappa shape index (κ1) is 15.4. The Balaban J connectivity index is 1.48. The third-order valence-corrected chi connectivity index (χ3v) is 4.94. The second kappa shape index (κ2) is 6.37. The smallest absolute Gasteiger partial charge is 0.249 e. The van der Waals surface area contributed by atoms with Gasteiger partial charge in [-0.3, -0.25) is 9.69 Å². The molecule has 2 fully saturated rings. The summed E-state index contributed by atoms with van der Waals surface area (Å²) in [5.74, 6) is 0.964. The van der Waals surface area contributed by atoms with Gasteiger partial charge in [-0.2, -0.15) is 0 Å². The molecule has 6 heteroatoms. The summed E-state index contributed by atoms with van der Waals surface area (Å²) in [4.78, 5) is 21.1. The van der Waals surface area contributed by atoms with Gasteiger partial charge in [0.1, 0.15) is 12.4 Å². The fourth-order valence-electron chi connectivity index (χ4n) is 3.62. The summed E-state index contributed by atoms with van der Waals surface area (Å²) in [7, 11) is 1.96. The summed E-state index contributed by atoms with van der Waals surface area (Å²) < 4.78 is 7.77. The molecule has 1 aromatic heterocycles. The zero-order valence-electron chi connectivity index (χ0n) is 13.8. The molecule has 2 saturated heterocycles. The van der Waals surface area contributed by atoms with Crippen LogP contribution in [0.1, 0.15) is 11.4 Å². The quantitative estimate of drug-likeness (QED) is 0.842. The van der Waals surface area contributed by atoms with Crippen LogP contribution in [0.5, 0.6) is 0 Å². The molecule has 4 rings (SSSR count). The Labute approximate surface area is 141 Å². The highest BCUT2D eigenvalue weighted by Crippen LogP contribution is 2.26. The lowest BCUT2D eigenvalue weighted by Gasteiger charge is -2.36. The number of carbonyl (C=O) groups is 1. The van der Waals surface area contributed by atoms with E-state index >= 15 is 0 Å². The minimum atomic E-state index is 0.0563. The number of ether oxygens (including phenoxy) is 1. The first-order valence-corrected chi connectivity index (χ1v) is 8.34. The fraction of sp³-hybridized carbons (Fsp3) is 0.444. The first-order chi connectivity index (χ1) is 11.7. The lowest BCUT2D eigenvalue weighted by Crippen LogP contribution is -2.53. The lowest BCUT2D eigenvalue weighted by molar-refractivity contribution is -0.154. The van der Waals surface area contributed by atoms with Crippen molar-refractivity contribution in [3.05, 3.63) is 54.1 Å². The maximum Gasteiger partial charge on any atom is 0.249 e. The molecule has 2 atom stereocenters. The van der Waals surface area contributed by atoms with Crippen LogP contribution in [0.15, 0.2) is 42.7 Å². The number of morpholine rings is 1. The van der Waals surface area contributed by atoms with Crippen molar-refractivity contribution in [1.82, 2.24) is 19.4 Å². The van der Waals surface area contributed by atoms with Crippen molar-refractivity contribution in [3.63, 3.8) is 0 Å². The number of fused-ring (bicyclic) bond motifs is 1. The van der Waals surface area contributed by atoms with Crippen LogP contribution >= 0.6 is 0 Å². The van der Waals surface area contributed by atoms with Gasteiger partial charge >= 0.3 is 0 Å². The maximum absolute atomic E-state index is 12.4. The number of rotatable bonds is 4. The molecule has 24 heavy (non-hydrogen) atoms. The summed E-state index contributed by atoms with van der Waals surface area (Å²) >= 11 is 0. The van der Waals surface area contributed by atoms with Crippen LogP contribution in [0.3, 0.4) is 0 Å². The van der Waals surface area contributed by atoms with Gasteiger partial charge in [0.2, 0.25) is 5.91 Å². The molecule has 126 valence electrons. The largest absolute Gasteiger partial charge is 0.365 e. The molecule has 1 amide bonds. The van der Waals surface area contributed by atoms with E-state index in [0.717, 1.165) is 25.5 Å². The van der Waals surface area contributed by atoms with Crippen LogP contribution in [-0.2, 0) is 29.7 Å². The Morgan fingerprint density at radius 1 is 1.21 bits per heavy atom. The molecule has 0 spiro atoms. The highest BCUT2D eigenvalue weighted by Gasteiger charge is 2.43. The maximum atomic E-state index is 12.4. The van der Waals surface area contributed by atoms with E-state index in [2.05, 4.69) is 34.1 Å². The number of amides is 1. The number of aryl methyl sites for hydroxylation is 1. The van der Waals surface area contributed by atoms with Gasteiger partial charge in [-0.15, -0.1) is 0 Å². The minimum Gasteiger partial charge on any atom is -0.365 e. The molecule has 0 aliphatic carbocycles. The van der Waals surface area contributed by atoms with E-state index < -0.39 is 0 Å². The van der Waals surface area contributed by atoms with E-state index in [-0.39, 0.29) is 24.7 Å². The number of aromatic nitrogens is 2. The van der Waals surface area contributed by atoms with Crippen LogP contribution < -0.4 is 0 Å². The molecule has 2 aromatic rings. The van der Waals surface area contributed by atoms with Crippen LogP contribution in [-0.4, -0.2) is 57.1 Å². The average molecular weight is 326 g/mol. The average Bonchev–Trinajstić information content (AvgIpc) is 3.17. The van der Waals surface area contributed by atoms with Crippen molar-refractivity contribution >= 4 is 5.91 Å². The van der Waals surface area contributed by atoms with Crippen molar-refractivity contribution < 1.29 is 9.53 Å². The van der Waals surface area contributed by atoms with E-state index in [1.807, 2.05) is 28.8 Å². The van der Waals surface area contributed by atoms with Crippen LogP contribution in [0, 0.1) is 0 Å². The second-order valence-electron chi connectivity index (χ2n) is 6.57. The lowest BCUT2D eigenvalue weighted by atomic mass is 10.1. The number of benzene rings is 1. The molecule has 0 radical (unpaired) electrons. The molecule has 2 unspecified atom stereocenters. The van der Waals surface area contributed by atoms with Crippen LogP contribution in [0.25, 0.3) is 0 Å². The molecule has 2 aliphatic rings. The van der Waals surface area contributed by atoms with Crippen LogP contribution in [0.2, 0.25) is 0 Å². The van der Waals surface area contributed by atoms with Gasteiger partial charge in [0.15, 0.2) is 0 Å². The second-order valence-corrected chi connectivity index (χ2v) is 6.57. The summed E-state index contributed by atoms with van der Waals surface area (Å²) in [5.41, 5.74) is 1.29. The van der Waals surface area contributed by atoms with Gasteiger partial charge < -0.3 is 14.2 Å². The summed E-state index contributed by atoms with van der Waals surface area (Å²) in [6.07, 6.45) is 3.77. The Morgan fingerprint density at radius 3 is 2.79 bits per heavy atom. The molecule has 3 heterocycles. The predicted molar refractivity (Wildman–Crippen MR) is 89.0 cm³/mol. The van der Waals surface area contributed by atoms with Crippen molar-refractivity contribution in [1.29, 1.82) is 0 Å². The number of imidazole rings is 1. The Hall–Kier alpha value is -2.18. The number of likely N-dealkylation sites (tertiary alicyclic amines) is 1. The highest BCUT2D eigenvalue weighted by molar-refractivity contribution is 5.78. The molecule has 0 saturated carbocycles. The number of hydrogen-bond acceptors (Lipinski definition) is 4. The number of nitrogens with zero attached hydrogens (tertiary/aromatic N) is 4. The highest BCUT2D eigenvalue weighted by atomic mass is 16.5. The first-order valence-electron chi connectivity index (χ1n) is 8.34. The number of carbonyl (C=O) groups excluding carboxylic acids is 1. The van der Waals surface area contributed by atoms with E-state index in [9.17, 15) is 4.79 Å². The normalized spacial score (nSPS) is 24.4. The molecule has 2 aliphatic heterocycles. The molecular formula is C18H22N4O2. The standard InChI is InChI=1S/C18H22N4O2/c1-20-8-7-19-17(20)12-22-15-10-21(9-14-5-3-2-4-6-14)11-16(15)24-13-18(22)23/h2-8,15-16H,9-13H2,1H3. The van der Waals surface area contributed by atoms with Gasteiger partial charge in [-0.05, 0) is 5.56 Å². The molecule has 1 aromatic carbocycles. The zero-order valence-corrected chi connectivity index (χ0v) is 13.8. The molecule has 0 N–H and O–H groups in total.